The van der Waals surface area contributed by atoms with E-state index < -0.39 is 0 Å². The van der Waals surface area contributed by atoms with Crippen LogP contribution in [-0.2, 0) is 6.42 Å². The zero-order valence-electron chi connectivity index (χ0n) is 13.2. The Morgan fingerprint density at radius 2 is 1.92 bits per heavy atom. The monoisotopic (exact) mass is 359 g/mol. The van der Waals surface area contributed by atoms with Crippen LogP contribution in [-0.4, -0.2) is 33.5 Å². The number of halogens is 1. The summed E-state index contributed by atoms with van der Waals surface area (Å²) in [5.74, 6) is 0.574. The molecule has 0 atom stereocenters. The highest BCUT2D eigenvalue weighted by molar-refractivity contribution is 7.15. The average Bonchev–Trinajstić information content (AvgIpc) is 3.29. The van der Waals surface area contributed by atoms with Crippen LogP contribution in [0.1, 0.15) is 35.0 Å². The summed E-state index contributed by atoms with van der Waals surface area (Å²) in [6.45, 7) is 2.03. The van der Waals surface area contributed by atoms with Crippen LogP contribution in [0.4, 0.5) is 5.13 Å². The van der Waals surface area contributed by atoms with Crippen molar-refractivity contribution in [2.45, 2.75) is 25.2 Å². The number of rotatable bonds is 4. The fourth-order valence-corrected chi connectivity index (χ4v) is 4.15. The van der Waals surface area contributed by atoms with Crippen molar-refractivity contribution in [3.8, 4) is 0 Å². The highest BCUT2D eigenvalue weighted by Crippen LogP contribution is 2.31. The molecule has 0 unspecified atom stereocenters. The zero-order valence-corrected chi connectivity index (χ0v) is 14.7. The molecule has 1 aliphatic heterocycles. The zero-order chi connectivity index (χ0) is 16.4. The van der Waals surface area contributed by atoms with Crippen LogP contribution in [0.5, 0.6) is 0 Å². The summed E-state index contributed by atoms with van der Waals surface area (Å²) >= 11 is 7.62. The van der Waals surface area contributed by atoms with Crippen molar-refractivity contribution in [1.82, 2.24) is 20.4 Å². The van der Waals surface area contributed by atoms with E-state index in [0.717, 1.165) is 47.5 Å². The molecule has 0 amide bonds. The molecule has 1 aromatic carbocycles. The van der Waals surface area contributed by atoms with Gasteiger partial charge in [0.2, 0.25) is 5.13 Å². The average molecular weight is 360 g/mol. The minimum Gasteiger partial charge on any atom is -0.347 e. The van der Waals surface area contributed by atoms with E-state index in [1.165, 1.54) is 11.3 Å². The Bertz CT molecular complexity index is 776. The third-order valence-corrected chi connectivity index (χ3v) is 5.69. The van der Waals surface area contributed by atoms with Gasteiger partial charge in [0.25, 0.3) is 0 Å². The summed E-state index contributed by atoms with van der Waals surface area (Å²) in [5, 5.41) is 18.7. The van der Waals surface area contributed by atoms with Gasteiger partial charge in [-0.15, -0.1) is 10.2 Å². The van der Waals surface area contributed by atoms with E-state index >= 15 is 0 Å². The lowest BCUT2D eigenvalue weighted by atomic mass is 9.94. The Morgan fingerprint density at radius 1 is 1.12 bits per heavy atom. The molecular weight excluding hydrogens is 342 g/mol. The summed E-state index contributed by atoms with van der Waals surface area (Å²) in [7, 11) is 0. The normalized spacial score (nSPS) is 15.8. The summed E-state index contributed by atoms with van der Waals surface area (Å²) < 4.78 is 0. The number of H-pyrrole nitrogens is 1. The molecule has 3 aromatic rings. The van der Waals surface area contributed by atoms with Gasteiger partial charge in [-0.2, -0.15) is 5.10 Å². The molecule has 0 saturated carbocycles. The topological polar surface area (TPSA) is 57.7 Å². The van der Waals surface area contributed by atoms with Crippen LogP contribution in [0.3, 0.4) is 0 Å². The highest BCUT2D eigenvalue weighted by Gasteiger charge is 2.23. The summed E-state index contributed by atoms with van der Waals surface area (Å²) in [6, 6.07) is 9.99. The second kappa shape index (κ2) is 6.91. The number of aromatic amines is 1. The minimum atomic E-state index is 0.574. The number of hydrogen-bond donors (Lipinski definition) is 1. The third-order valence-electron chi connectivity index (χ3n) is 4.45. The molecule has 5 nitrogen and oxygen atoms in total. The number of aromatic nitrogens is 4. The molecule has 1 N–H and O–H groups in total. The minimum absolute atomic E-state index is 0.574. The van der Waals surface area contributed by atoms with Gasteiger partial charge in [-0.05, 0) is 36.6 Å². The molecule has 7 heteroatoms. The second-order valence-corrected chi connectivity index (χ2v) is 7.53. The molecule has 3 heterocycles. The molecule has 4 rings (SSSR count). The van der Waals surface area contributed by atoms with Crippen LogP contribution in [0.15, 0.2) is 36.5 Å². The molecule has 124 valence electrons. The van der Waals surface area contributed by atoms with Crippen LogP contribution in [0.25, 0.3) is 0 Å². The number of benzene rings is 1. The van der Waals surface area contributed by atoms with Gasteiger partial charge < -0.3 is 4.90 Å². The van der Waals surface area contributed by atoms with Crippen molar-refractivity contribution >= 4 is 28.1 Å². The van der Waals surface area contributed by atoms with Crippen molar-refractivity contribution in [2.75, 3.05) is 18.0 Å². The van der Waals surface area contributed by atoms with Crippen LogP contribution in [0.2, 0.25) is 5.02 Å². The number of piperidine rings is 1. The fourth-order valence-electron chi connectivity index (χ4n) is 3.10. The molecule has 0 spiro atoms. The molecule has 1 saturated heterocycles. The van der Waals surface area contributed by atoms with E-state index in [1.54, 1.807) is 11.3 Å². The van der Waals surface area contributed by atoms with Gasteiger partial charge in [0, 0.05) is 42.3 Å². The summed E-state index contributed by atoms with van der Waals surface area (Å²) in [5.41, 5.74) is 2.45. The molecule has 1 aliphatic rings. The van der Waals surface area contributed by atoms with Crippen LogP contribution in [0, 0.1) is 0 Å². The van der Waals surface area contributed by atoms with Gasteiger partial charge in [-0.25, -0.2) is 0 Å². The Kier molecular flexibility index (Phi) is 4.49. The molecule has 0 bridgehead atoms. The smallest absolute Gasteiger partial charge is 0.208 e. The van der Waals surface area contributed by atoms with Crippen molar-refractivity contribution in [1.29, 1.82) is 0 Å². The van der Waals surface area contributed by atoms with Gasteiger partial charge in [-0.1, -0.05) is 35.1 Å². The van der Waals surface area contributed by atoms with Crippen molar-refractivity contribution in [3.63, 3.8) is 0 Å². The van der Waals surface area contributed by atoms with E-state index in [0.29, 0.717) is 5.92 Å². The van der Waals surface area contributed by atoms with Gasteiger partial charge in [-0.3, -0.25) is 5.10 Å². The van der Waals surface area contributed by atoms with Crippen LogP contribution < -0.4 is 4.90 Å². The lowest BCUT2D eigenvalue weighted by molar-refractivity contribution is 0.494. The van der Waals surface area contributed by atoms with Crippen molar-refractivity contribution < 1.29 is 0 Å². The largest absolute Gasteiger partial charge is 0.347 e. The van der Waals surface area contributed by atoms with E-state index in [1.807, 2.05) is 30.5 Å². The Labute approximate surface area is 149 Å². The number of nitrogens with one attached hydrogen (secondary N) is 1. The summed E-state index contributed by atoms with van der Waals surface area (Å²) in [6.07, 6.45) is 4.87. The van der Waals surface area contributed by atoms with Gasteiger partial charge >= 0.3 is 0 Å². The highest BCUT2D eigenvalue weighted by atomic mass is 35.5. The van der Waals surface area contributed by atoms with E-state index in [2.05, 4.69) is 31.4 Å². The van der Waals surface area contributed by atoms with E-state index in [4.69, 9.17) is 11.6 Å². The summed E-state index contributed by atoms with van der Waals surface area (Å²) in [4.78, 5) is 2.34. The molecule has 2 aromatic heterocycles. The van der Waals surface area contributed by atoms with Gasteiger partial charge in [0.1, 0.15) is 5.01 Å². The lowest BCUT2D eigenvalue weighted by Gasteiger charge is -2.30. The van der Waals surface area contributed by atoms with E-state index in [9.17, 15) is 0 Å². The Morgan fingerprint density at radius 3 is 2.62 bits per heavy atom. The molecule has 0 aliphatic carbocycles. The molecule has 1 fully saturated rings. The maximum Gasteiger partial charge on any atom is 0.208 e. The van der Waals surface area contributed by atoms with Crippen molar-refractivity contribution in [3.05, 3.63) is 57.8 Å². The second-order valence-electron chi connectivity index (χ2n) is 6.05. The first-order valence-electron chi connectivity index (χ1n) is 8.09. The maximum atomic E-state index is 5.93. The first-order valence-corrected chi connectivity index (χ1v) is 9.28. The standard InChI is InChI=1S/C17H18ClN5S/c18-14-3-1-12(2-4-14)11-16-21-22-17(24-16)23-9-6-13(7-10-23)15-5-8-19-20-15/h1-5,8,13H,6-7,9-11H2,(H,19,20). The number of nitrogens with zero attached hydrogens (tertiary/aromatic N) is 4. The molecule has 24 heavy (non-hydrogen) atoms. The quantitative estimate of drug-likeness (QED) is 0.767. The first-order chi connectivity index (χ1) is 11.8. The van der Waals surface area contributed by atoms with Gasteiger partial charge in [0.05, 0.1) is 0 Å². The third kappa shape index (κ3) is 3.44. The SMILES string of the molecule is Clc1ccc(Cc2nnc(N3CCC(c4ccn[nH]4)CC3)s2)cc1. The number of anilines is 1. The molecule has 0 radical (unpaired) electrons. The Balaban J connectivity index is 1.38. The molecular formula is C17H18ClN5S. The maximum absolute atomic E-state index is 5.93. The van der Waals surface area contributed by atoms with Crippen molar-refractivity contribution in [2.24, 2.45) is 0 Å². The van der Waals surface area contributed by atoms with Gasteiger partial charge in [0.15, 0.2) is 0 Å². The number of hydrogen-bond acceptors (Lipinski definition) is 5. The van der Waals surface area contributed by atoms with Crippen LogP contribution >= 0.6 is 22.9 Å². The van der Waals surface area contributed by atoms with E-state index in [-0.39, 0.29) is 0 Å². The first kappa shape index (κ1) is 15.6. The predicted molar refractivity (Wildman–Crippen MR) is 96.9 cm³/mol. The fraction of sp³-hybridized carbons (Fsp3) is 0.353. The Hall–Kier alpha value is -1.92. The predicted octanol–water partition coefficient (Wildman–Crippen LogP) is 3.89. The lowest BCUT2D eigenvalue weighted by Crippen LogP contribution is -2.32.